The fourth-order valence-electron chi connectivity index (χ4n) is 3.29. The van der Waals surface area contributed by atoms with Crippen molar-refractivity contribution in [3.05, 3.63) is 45.6 Å². The molecule has 0 aromatic heterocycles. The van der Waals surface area contributed by atoms with Crippen molar-refractivity contribution >= 4 is 28.9 Å². The highest BCUT2D eigenvalue weighted by atomic mass is 35.5. The molecule has 1 saturated carbocycles. The number of fused-ring (bicyclic) bond motifs is 1. The Morgan fingerprint density at radius 1 is 1.27 bits per heavy atom. The Kier molecular flexibility index (Phi) is 5.47. The van der Waals surface area contributed by atoms with Crippen LogP contribution in [-0.4, -0.2) is 43.4 Å². The van der Waals surface area contributed by atoms with Gasteiger partial charge < -0.3 is 9.74 Å². The molecule has 0 aliphatic heterocycles. The number of halogens is 1. The number of aryl methyl sites for hydroxylation is 1. The van der Waals surface area contributed by atoms with E-state index >= 15 is 0 Å². The summed E-state index contributed by atoms with van der Waals surface area (Å²) in [7, 11) is 5.09. The second-order valence-corrected chi connectivity index (χ2v) is 7.39. The first kappa shape index (κ1) is 18.6. The van der Waals surface area contributed by atoms with Crippen LogP contribution in [0.5, 0.6) is 0 Å². The fraction of sp³-hybridized carbons (Fsp3) is 0.450. The van der Waals surface area contributed by atoms with E-state index in [1.54, 1.807) is 31.3 Å². The summed E-state index contributed by atoms with van der Waals surface area (Å²) in [4.78, 5) is 32.4. The third kappa shape index (κ3) is 3.68. The minimum absolute atomic E-state index is 0.0350. The average Bonchev–Trinajstić information content (AvgIpc) is 3.44. The number of ketones is 2. The number of nitrogens with zero attached hydrogens (tertiary/aromatic N) is 2. The molecule has 3 rings (SSSR count). The van der Waals surface area contributed by atoms with Gasteiger partial charge in [-0.15, -0.1) is 0 Å². The molecular weight excluding hydrogens is 352 g/mol. The lowest BCUT2D eigenvalue weighted by molar-refractivity contribution is -0.116. The van der Waals surface area contributed by atoms with Crippen molar-refractivity contribution in [2.45, 2.75) is 32.1 Å². The number of hydrogen-bond acceptors (Lipinski definition) is 5. The van der Waals surface area contributed by atoms with Crippen LogP contribution in [0.25, 0.3) is 0 Å². The number of carbonyl (C=O) groups excluding carboxylic acids is 2. The van der Waals surface area contributed by atoms with Gasteiger partial charge >= 0.3 is 0 Å². The lowest BCUT2D eigenvalue weighted by atomic mass is 9.87. The third-order valence-electron chi connectivity index (χ3n) is 4.67. The molecule has 6 heteroatoms. The van der Waals surface area contributed by atoms with Gasteiger partial charge in [-0.3, -0.25) is 9.59 Å². The summed E-state index contributed by atoms with van der Waals surface area (Å²) in [6.45, 7) is 0. The zero-order chi connectivity index (χ0) is 18.8. The van der Waals surface area contributed by atoms with Crippen LogP contribution in [0.4, 0.5) is 0 Å². The highest BCUT2D eigenvalue weighted by Gasteiger charge is 2.36. The zero-order valence-corrected chi connectivity index (χ0v) is 16.1. The number of carbonyl (C=O) groups is 2. The lowest BCUT2D eigenvalue weighted by Crippen LogP contribution is -2.20. The van der Waals surface area contributed by atoms with Gasteiger partial charge in [0.1, 0.15) is 7.11 Å². The second kappa shape index (κ2) is 7.62. The average molecular weight is 375 g/mol. The number of benzene rings is 1. The molecule has 0 bridgehead atoms. The maximum atomic E-state index is 13.2. The van der Waals surface area contributed by atoms with E-state index in [2.05, 4.69) is 5.16 Å². The van der Waals surface area contributed by atoms with Gasteiger partial charge in [-0.25, -0.2) is 0 Å². The summed E-state index contributed by atoms with van der Waals surface area (Å²) >= 11 is 6.62. The predicted molar refractivity (Wildman–Crippen MR) is 102 cm³/mol. The molecule has 0 N–H and O–H groups in total. The van der Waals surface area contributed by atoms with Gasteiger partial charge in [0.25, 0.3) is 0 Å². The molecule has 1 aromatic carbocycles. The van der Waals surface area contributed by atoms with Gasteiger partial charge in [-0.1, -0.05) is 22.8 Å². The molecule has 0 unspecified atom stereocenters. The number of hydrogen-bond donors (Lipinski definition) is 0. The summed E-state index contributed by atoms with van der Waals surface area (Å²) in [6.07, 6.45) is 5.89. The van der Waals surface area contributed by atoms with E-state index in [0.29, 0.717) is 10.6 Å². The van der Waals surface area contributed by atoms with Crippen LogP contribution in [0.15, 0.2) is 29.1 Å². The maximum absolute atomic E-state index is 13.2. The summed E-state index contributed by atoms with van der Waals surface area (Å²) in [5.74, 6) is -0.457. The summed E-state index contributed by atoms with van der Waals surface area (Å²) in [6, 6.07) is 3.64. The molecule has 0 saturated heterocycles. The normalized spacial score (nSPS) is 18.5. The summed E-state index contributed by atoms with van der Waals surface area (Å²) in [5.41, 5.74) is 3.12. The Hall–Kier alpha value is -2.14. The van der Waals surface area contributed by atoms with Crippen molar-refractivity contribution in [2.24, 2.45) is 11.1 Å². The molecule has 26 heavy (non-hydrogen) atoms. The van der Waals surface area contributed by atoms with Gasteiger partial charge in [0.2, 0.25) is 0 Å². The first-order chi connectivity index (χ1) is 12.4. The minimum Gasteiger partial charge on any atom is -0.399 e. The van der Waals surface area contributed by atoms with Crippen LogP contribution in [-0.2, 0) is 16.1 Å². The number of allylic oxidation sites excluding steroid dienone is 1. The molecule has 5 nitrogen and oxygen atoms in total. The Balaban J connectivity index is 2.05. The van der Waals surface area contributed by atoms with Crippen LogP contribution in [0.3, 0.4) is 0 Å². The molecule has 0 heterocycles. The molecule has 2 aliphatic rings. The van der Waals surface area contributed by atoms with Crippen molar-refractivity contribution < 1.29 is 14.4 Å². The molecule has 1 fully saturated rings. The smallest absolute Gasteiger partial charge is 0.199 e. The number of oxime groups is 1. The first-order valence-electron chi connectivity index (χ1n) is 8.83. The maximum Gasteiger partial charge on any atom is 0.199 e. The molecule has 0 atom stereocenters. The third-order valence-corrected chi connectivity index (χ3v) is 5.06. The van der Waals surface area contributed by atoms with Crippen LogP contribution in [0, 0.1) is 5.92 Å². The van der Waals surface area contributed by atoms with Crippen molar-refractivity contribution in [1.82, 2.24) is 4.90 Å². The zero-order valence-electron chi connectivity index (χ0n) is 15.3. The number of rotatable bonds is 6. The van der Waals surface area contributed by atoms with E-state index < -0.39 is 0 Å². The molecule has 0 radical (unpaired) electrons. The van der Waals surface area contributed by atoms with Crippen LogP contribution in [0.2, 0.25) is 5.02 Å². The topological polar surface area (TPSA) is 59.0 Å². The van der Waals surface area contributed by atoms with Gasteiger partial charge in [0.05, 0.1) is 16.3 Å². The minimum atomic E-state index is -0.328. The van der Waals surface area contributed by atoms with Crippen LogP contribution >= 0.6 is 11.6 Å². The van der Waals surface area contributed by atoms with Crippen molar-refractivity contribution in [1.29, 1.82) is 0 Å². The molecule has 2 aliphatic carbocycles. The Bertz CT molecular complexity index is 808. The SMILES string of the molecule is CO/N=C1/CCCc2ccc(C(=O)/C(=C/N(C)C)C(=O)C3CC3)c(Cl)c21. The molecule has 1 aromatic rings. The lowest BCUT2D eigenvalue weighted by Gasteiger charge is -2.20. The summed E-state index contributed by atoms with van der Waals surface area (Å²) < 4.78 is 0. The predicted octanol–water partition coefficient (Wildman–Crippen LogP) is 3.63. The largest absolute Gasteiger partial charge is 0.399 e. The van der Waals surface area contributed by atoms with E-state index in [4.69, 9.17) is 16.4 Å². The van der Waals surface area contributed by atoms with Crippen molar-refractivity contribution in [3.63, 3.8) is 0 Å². The van der Waals surface area contributed by atoms with Crippen molar-refractivity contribution in [3.8, 4) is 0 Å². The van der Waals surface area contributed by atoms with Gasteiger partial charge in [0, 0.05) is 37.3 Å². The Morgan fingerprint density at radius 2 is 2.00 bits per heavy atom. The highest BCUT2D eigenvalue weighted by Crippen LogP contribution is 2.36. The molecule has 138 valence electrons. The van der Waals surface area contributed by atoms with Gasteiger partial charge in [0.15, 0.2) is 11.6 Å². The number of Topliss-reactive ketones (excluding diaryl/α,β-unsaturated/α-hetero) is 2. The van der Waals surface area contributed by atoms with Crippen LogP contribution < -0.4 is 0 Å². The second-order valence-electron chi connectivity index (χ2n) is 7.01. The van der Waals surface area contributed by atoms with Gasteiger partial charge in [-0.05, 0) is 43.7 Å². The van der Waals surface area contributed by atoms with Crippen LogP contribution in [0.1, 0.15) is 47.2 Å². The monoisotopic (exact) mass is 374 g/mol. The van der Waals surface area contributed by atoms with Gasteiger partial charge in [-0.2, -0.15) is 0 Å². The highest BCUT2D eigenvalue weighted by molar-refractivity contribution is 6.40. The summed E-state index contributed by atoms with van der Waals surface area (Å²) in [5, 5.41) is 4.44. The van der Waals surface area contributed by atoms with E-state index in [-0.39, 0.29) is 23.1 Å². The fourth-order valence-corrected chi connectivity index (χ4v) is 3.67. The molecular formula is C20H23ClN2O3. The molecule has 0 spiro atoms. The van der Waals surface area contributed by atoms with E-state index in [1.807, 2.05) is 6.07 Å². The van der Waals surface area contributed by atoms with E-state index in [0.717, 1.165) is 48.9 Å². The standard InChI is InChI=1S/C20H23ClN2O3/c1-23(2)11-15(19(24)13-7-8-13)20(25)14-10-9-12-5-4-6-16(22-26-3)17(12)18(14)21/h9-11,13H,4-8H2,1-3H3/b15-11+,22-16-. The Morgan fingerprint density at radius 3 is 2.62 bits per heavy atom. The van der Waals surface area contributed by atoms with E-state index in [1.165, 1.54) is 7.11 Å². The quantitative estimate of drug-likeness (QED) is 0.251. The van der Waals surface area contributed by atoms with E-state index in [9.17, 15) is 9.59 Å². The molecule has 0 amide bonds. The first-order valence-corrected chi connectivity index (χ1v) is 9.20. The Labute approximate surface area is 158 Å². The van der Waals surface area contributed by atoms with Crippen molar-refractivity contribution in [2.75, 3.05) is 21.2 Å².